The summed E-state index contributed by atoms with van der Waals surface area (Å²) in [5, 5.41) is 0. The van der Waals surface area contributed by atoms with Gasteiger partial charge in [-0.2, -0.15) is 0 Å². The molecule has 2 aromatic rings. The van der Waals surface area contributed by atoms with Gasteiger partial charge >= 0.3 is 0 Å². The van der Waals surface area contributed by atoms with Crippen LogP contribution in [0.15, 0.2) is 24.5 Å². The zero-order chi connectivity index (χ0) is 17.5. The molecule has 2 bridgehead atoms. The molecule has 0 amide bonds. The Morgan fingerprint density at radius 3 is 2.46 bits per heavy atom. The largest absolute Gasteiger partial charge is 0.371 e. The van der Waals surface area contributed by atoms with E-state index in [0.29, 0.717) is 18.2 Å². The van der Waals surface area contributed by atoms with Gasteiger partial charge in [-0.15, -0.1) is 0 Å². The molecule has 5 rings (SSSR count). The number of benzene rings is 1. The van der Waals surface area contributed by atoms with Crippen LogP contribution >= 0.6 is 0 Å². The molecule has 3 aliphatic rings. The molecule has 3 heterocycles. The number of hydrogen-bond donors (Lipinski definition) is 1. The van der Waals surface area contributed by atoms with Gasteiger partial charge in [0.15, 0.2) is 0 Å². The molecule has 1 aliphatic carbocycles. The standard InChI is InChI=1S/C21H28N4O/c22-16-3-1-14(2-4-16)9-15-10-17(11-20-21(15)24-8-7-23-20)25-12-18-5-6-19(13-25)26-18/h7-8,10-11,14,16,18-19H,1-6,9,12-13,22H2/t14?,16?,18-,19+. The molecule has 0 unspecified atom stereocenters. The second-order valence-electron chi connectivity index (χ2n) is 8.38. The number of aromatic nitrogens is 2. The maximum atomic E-state index is 6.09. The summed E-state index contributed by atoms with van der Waals surface area (Å²) in [4.78, 5) is 11.8. The number of anilines is 1. The SMILES string of the molecule is NC1CCC(Cc2cc(N3C[C@H]4CC[C@@H](C3)O4)cc3nccnc23)CC1. The predicted molar refractivity (Wildman–Crippen MR) is 103 cm³/mol. The summed E-state index contributed by atoms with van der Waals surface area (Å²) in [7, 11) is 0. The quantitative estimate of drug-likeness (QED) is 0.920. The van der Waals surface area contributed by atoms with Crippen LogP contribution in [0.3, 0.4) is 0 Å². The van der Waals surface area contributed by atoms with Crippen molar-refractivity contribution in [3.8, 4) is 0 Å². The van der Waals surface area contributed by atoms with Crippen molar-refractivity contribution in [3.05, 3.63) is 30.1 Å². The highest BCUT2D eigenvalue weighted by Gasteiger charge is 2.34. The minimum Gasteiger partial charge on any atom is -0.371 e. The van der Waals surface area contributed by atoms with Crippen molar-refractivity contribution in [2.75, 3.05) is 18.0 Å². The molecule has 1 saturated carbocycles. The van der Waals surface area contributed by atoms with E-state index in [1.54, 1.807) is 6.20 Å². The summed E-state index contributed by atoms with van der Waals surface area (Å²) in [5.74, 6) is 0.719. The average Bonchev–Trinajstić information content (AvgIpc) is 3.01. The van der Waals surface area contributed by atoms with Gasteiger partial charge in [-0.25, -0.2) is 0 Å². The highest BCUT2D eigenvalue weighted by Crippen LogP contribution is 2.34. The van der Waals surface area contributed by atoms with Crippen LogP contribution in [0.5, 0.6) is 0 Å². The van der Waals surface area contributed by atoms with Crippen LogP contribution in [0.25, 0.3) is 11.0 Å². The van der Waals surface area contributed by atoms with Crippen LogP contribution in [0, 0.1) is 5.92 Å². The monoisotopic (exact) mass is 352 g/mol. The Morgan fingerprint density at radius 1 is 0.962 bits per heavy atom. The van der Waals surface area contributed by atoms with Gasteiger partial charge in [-0.3, -0.25) is 9.97 Å². The van der Waals surface area contributed by atoms with Gasteiger partial charge in [0.1, 0.15) is 0 Å². The first-order valence-corrected chi connectivity index (χ1v) is 10.1. The second-order valence-corrected chi connectivity index (χ2v) is 8.38. The smallest absolute Gasteiger partial charge is 0.0920 e. The number of nitrogens with two attached hydrogens (primary N) is 1. The highest BCUT2D eigenvalue weighted by molar-refractivity contribution is 5.82. The molecule has 2 N–H and O–H groups in total. The predicted octanol–water partition coefficient (Wildman–Crippen LogP) is 3.06. The lowest BCUT2D eigenvalue weighted by Gasteiger charge is -2.34. The van der Waals surface area contributed by atoms with Crippen LogP contribution in [-0.2, 0) is 11.2 Å². The molecule has 138 valence electrons. The van der Waals surface area contributed by atoms with E-state index in [4.69, 9.17) is 10.5 Å². The Bertz CT molecular complexity index is 775. The molecule has 26 heavy (non-hydrogen) atoms. The van der Waals surface area contributed by atoms with E-state index in [2.05, 4.69) is 27.0 Å². The average molecular weight is 352 g/mol. The minimum absolute atomic E-state index is 0.398. The lowest BCUT2D eigenvalue weighted by Crippen LogP contribution is -2.42. The highest BCUT2D eigenvalue weighted by atomic mass is 16.5. The van der Waals surface area contributed by atoms with Gasteiger partial charge < -0.3 is 15.4 Å². The molecular formula is C21H28N4O. The van der Waals surface area contributed by atoms with Crippen molar-refractivity contribution in [2.45, 2.75) is 63.2 Å². The first kappa shape index (κ1) is 16.5. The molecule has 2 atom stereocenters. The number of nitrogens with zero attached hydrogens (tertiary/aromatic N) is 3. The Kier molecular flexibility index (Phi) is 4.29. The van der Waals surface area contributed by atoms with Crippen molar-refractivity contribution in [3.63, 3.8) is 0 Å². The van der Waals surface area contributed by atoms with E-state index in [9.17, 15) is 0 Å². The lowest BCUT2D eigenvalue weighted by molar-refractivity contribution is 0.0305. The van der Waals surface area contributed by atoms with E-state index in [1.807, 2.05) is 6.20 Å². The van der Waals surface area contributed by atoms with Crippen LogP contribution in [-0.4, -0.2) is 41.3 Å². The first-order chi connectivity index (χ1) is 12.7. The van der Waals surface area contributed by atoms with E-state index in [-0.39, 0.29) is 0 Å². The summed E-state index contributed by atoms with van der Waals surface area (Å²) in [6, 6.07) is 4.99. The number of hydrogen-bond acceptors (Lipinski definition) is 5. The zero-order valence-electron chi connectivity index (χ0n) is 15.3. The summed E-state index contributed by atoms with van der Waals surface area (Å²) >= 11 is 0. The van der Waals surface area contributed by atoms with Gasteiger partial charge in [0.25, 0.3) is 0 Å². The van der Waals surface area contributed by atoms with Gasteiger partial charge in [-0.05, 0) is 68.6 Å². The molecule has 0 spiro atoms. The van der Waals surface area contributed by atoms with Gasteiger partial charge in [-0.1, -0.05) is 0 Å². The fraction of sp³-hybridized carbons (Fsp3) is 0.619. The van der Waals surface area contributed by atoms with Gasteiger partial charge in [0.05, 0.1) is 23.2 Å². The molecule has 2 aliphatic heterocycles. The Balaban J connectivity index is 1.46. The zero-order valence-corrected chi connectivity index (χ0v) is 15.3. The fourth-order valence-corrected chi connectivity index (χ4v) is 5.00. The van der Waals surface area contributed by atoms with E-state index in [1.165, 1.54) is 36.9 Å². The van der Waals surface area contributed by atoms with Crippen molar-refractivity contribution >= 4 is 16.7 Å². The number of rotatable bonds is 3. The maximum absolute atomic E-state index is 6.09. The molecule has 0 radical (unpaired) electrons. The second kappa shape index (κ2) is 6.78. The van der Waals surface area contributed by atoms with Crippen LogP contribution in [0.2, 0.25) is 0 Å². The van der Waals surface area contributed by atoms with Crippen LogP contribution in [0.4, 0.5) is 5.69 Å². The maximum Gasteiger partial charge on any atom is 0.0920 e. The molecule has 1 aromatic heterocycles. The fourth-order valence-electron chi connectivity index (χ4n) is 5.00. The van der Waals surface area contributed by atoms with Gasteiger partial charge in [0.2, 0.25) is 0 Å². The molecular weight excluding hydrogens is 324 g/mol. The summed E-state index contributed by atoms with van der Waals surface area (Å²) in [6.07, 6.45) is 12.7. The first-order valence-electron chi connectivity index (χ1n) is 10.1. The Hall–Kier alpha value is -1.72. The summed E-state index contributed by atoms with van der Waals surface area (Å²) in [5.41, 5.74) is 10.8. The Morgan fingerprint density at radius 2 is 1.69 bits per heavy atom. The van der Waals surface area contributed by atoms with Crippen molar-refractivity contribution in [1.82, 2.24) is 9.97 Å². The molecule has 1 aromatic carbocycles. The topological polar surface area (TPSA) is 64.3 Å². The third-order valence-corrected chi connectivity index (χ3v) is 6.45. The van der Waals surface area contributed by atoms with E-state index < -0.39 is 0 Å². The van der Waals surface area contributed by atoms with Crippen molar-refractivity contribution in [1.29, 1.82) is 0 Å². The van der Waals surface area contributed by atoms with Gasteiger partial charge in [0, 0.05) is 37.2 Å². The minimum atomic E-state index is 0.398. The number of morpholine rings is 1. The van der Waals surface area contributed by atoms with Crippen LogP contribution in [0.1, 0.15) is 44.1 Å². The van der Waals surface area contributed by atoms with E-state index in [0.717, 1.165) is 49.3 Å². The third-order valence-electron chi connectivity index (χ3n) is 6.45. The van der Waals surface area contributed by atoms with E-state index >= 15 is 0 Å². The normalized spacial score (nSPS) is 31.5. The van der Waals surface area contributed by atoms with Crippen molar-refractivity contribution < 1.29 is 4.74 Å². The third kappa shape index (κ3) is 3.19. The molecule has 3 fully saturated rings. The molecule has 2 saturated heterocycles. The Labute approximate surface area is 154 Å². The number of ether oxygens (including phenoxy) is 1. The number of fused-ring (bicyclic) bond motifs is 3. The lowest BCUT2D eigenvalue weighted by atomic mass is 9.82. The molecule has 5 nitrogen and oxygen atoms in total. The van der Waals surface area contributed by atoms with Crippen molar-refractivity contribution in [2.24, 2.45) is 11.7 Å². The van der Waals surface area contributed by atoms with Crippen LogP contribution < -0.4 is 10.6 Å². The summed E-state index contributed by atoms with van der Waals surface area (Å²) < 4.78 is 6.02. The molecule has 5 heteroatoms. The summed E-state index contributed by atoms with van der Waals surface area (Å²) in [6.45, 7) is 2.00.